The lowest BCUT2D eigenvalue weighted by atomic mass is 9.83. The minimum absolute atomic E-state index is 0.134. The fourth-order valence-corrected chi connectivity index (χ4v) is 3.40. The molecule has 0 aliphatic rings. The molecule has 28 heavy (non-hydrogen) atoms. The summed E-state index contributed by atoms with van der Waals surface area (Å²) in [5.74, 6) is -1.23. The van der Waals surface area contributed by atoms with Crippen LogP contribution in [-0.2, 0) is 14.3 Å². The van der Waals surface area contributed by atoms with E-state index in [-0.39, 0.29) is 24.2 Å². The number of carbonyl (C=O) groups is 2. The summed E-state index contributed by atoms with van der Waals surface area (Å²) in [6.07, 6.45) is -0.659. The average Bonchev–Trinajstić information content (AvgIpc) is 2.73. The Hall–Kier alpha value is -2.66. The van der Waals surface area contributed by atoms with E-state index in [0.717, 1.165) is 11.1 Å². The number of ether oxygens (including phenoxy) is 1. The molecule has 4 atom stereocenters. The van der Waals surface area contributed by atoms with Crippen LogP contribution in [0.2, 0.25) is 0 Å². The number of hydrogen-bond donors (Lipinski definition) is 1. The van der Waals surface area contributed by atoms with E-state index in [1.54, 1.807) is 11.9 Å². The maximum atomic E-state index is 13.4. The quantitative estimate of drug-likeness (QED) is 0.708. The molecule has 0 bridgehead atoms. The van der Waals surface area contributed by atoms with E-state index in [1.165, 1.54) is 7.11 Å². The van der Waals surface area contributed by atoms with Crippen LogP contribution in [0.5, 0.6) is 0 Å². The van der Waals surface area contributed by atoms with Crippen molar-refractivity contribution in [1.29, 1.82) is 0 Å². The van der Waals surface area contributed by atoms with Crippen molar-refractivity contribution in [3.8, 4) is 0 Å². The third-order valence-electron chi connectivity index (χ3n) is 5.27. The normalized spacial score (nSPS) is 15.2. The van der Waals surface area contributed by atoms with Crippen LogP contribution in [0.4, 0.5) is 0 Å². The smallest absolute Gasteiger partial charge is 0.305 e. The van der Waals surface area contributed by atoms with Crippen LogP contribution in [0.15, 0.2) is 60.7 Å². The summed E-state index contributed by atoms with van der Waals surface area (Å²) in [7, 11) is 3.04. The monoisotopic (exact) mass is 383 g/mol. The van der Waals surface area contributed by atoms with E-state index in [0.29, 0.717) is 0 Å². The van der Waals surface area contributed by atoms with Crippen molar-refractivity contribution in [3.63, 3.8) is 0 Å². The molecule has 0 saturated heterocycles. The molecule has 5 heteroatoms. The predicted molar refractivity (Wildman–Crippen MR) is 109 cm³/mol. The van der Waals surface area contributed by atoms with Gasteiger partial charge in [0.1, 0.15) is 0 Å². The minimum Gasteiger partial charge on any atom is -0.469 e. The molecular formula is C23H29NO4. The average molecular weight is 383 g/mol. The molecule has 0 unspecified atom stereocenters. The van der Waals surface area contributed by atoms with Gasteiger partial charge in [0.15, 0.2) is 0 Å². The highest BCUT2D eigenvalue weighted by atomic mass is 16.5. The van der Waals surface area contributed by atoms with Crippen molar-refractivity contribution in [2.24, 2.45) is 5.92 Å². The van der Waals surface area contributed by atoms with Gasteiger partial charge in [-0.25, -0.2) is 0 Å². The molecule has 1 amide bonds. The van der Waals surface area contributed by atoms with Crippen LogP contribution in [0.3, 0.4) is 0 Å². The highest BCUT2D eigenvalue weighted by Gasteiger charge is 2.34. The predicted octanol–water partition coefficient (Wildman–Crippen LogP) is 3.55. The van der Waals surface area contributed by atoms with Crippen molar-refractivity contribution >= 4 is 11.9 Å². The standard InChI is InChI=1S/C23H29NO4/c1-16(15-20(25)28-4)21(18-11-7-5-8-12-18)23(27)24(3)17(2)22(26)19-13-9-6-10-14-19/h5-14,16-17,21-22,26H,15H2,1-4H3/t16-,17-,21+,22+/m1/s1. The van der Waals surface area contributed by atoms with E-state index in [2.05, 4.69) is 0 Å². The first-order valence-electron chi connectivity index (χ1n) is 9.48. The molecule has 150 valence electrons. The first-order chi connectivity index (χ1) is 13.4. The lowest BCUT2D eigenvalue weighted by Crippen LogP contribution is -2.43. The first kappa shape index (κ1) is 21.6. The Morgan fingerprint density at radius 1 is 0.964 bits per heavy atom. The first-order valence-corrected chi connectivity index (χ1v) is 9.48. The van der Waals surface area contributed by atoms with E-state index >= 15 is 0 Å². The molecule has 2 aromatic rings. The van der Waals surface area contributed by atoms with Crippen molar-refractivity contribution in [3.05, 3.63) is 71.8 Å². The molecule has 0 heterocycles. The number of amides is 1. The number of hydrogen-bond acceptors (Lipinski definition) is 4. The van der Waals surface area contributed by atoms with E-state index in [4.69, 9.17) is 4.74 Å². The third kappa shape index (κ3) is 5.20. The molecule has 2 rings (SSSR count). The molecule has 0 aliphatic heterocycles. The van der Waals surface area contributed by atoms with Crippen LogP contribution in [0.1, 0.15) is 43.4 Å². The zero-order valence-corrected chi connectivity index (χ0v) is 16.9. The molecule has 0 saturated carbocycles. The minimum atomic E-state index is -0.803. The molecule has 0 aliphatic carbocycles. The van der Waals surface area contributed by atoms with Gasteiger partial charge in [-0.05, 0) is 24.0 Å². The van der Waals surface area contributed by atoms with Gasteiger partial charge in [-0.1, -0.05) is 67.6 Å². The lowest BCUT2D eigenvalue weighted by Gasteiger charge is -2.34. The summed E-state index contributed by atoms with van der Waals surface area (Å²) in [5, 5.41) is 10.7. The summed E-state index contributed by atoms with van der Waals surface area (Å²) < 4.78 is 4.79. The highest BCUT2D eigenvalue weighted by molar-refractivity contribution is 5.85. The van der Waals surface area contributed by atoms with Gasteiger partial charge in [-0.2, -0.15) is 0 Å². The highest BCUT2D eigenvalue weighted by Crippen LogP contribution is 2.31. The maximum absolute atomic E-state index is 13.4. The van der Waals surface area contributed by atoms with Gasteiger partial charge in [0.05, 0.1) is 25.2 Å². The molecule has 1 N–H and O–H groups in total. The molecule has 2 aromatic carbocycles. The van der Waals surface area contributed by atoms with E-state index in [9.17, 15) is 14.7 Å². The van der Waals surface area contributed by atoms with Crippen molar-refractivity contribution < 1.29 is 19.4 Å². The van der Waals surface area contributed by atoms with Gasteiger partial charge < -0.3 is 14.7 Å². The van der Waals surface area contributed by atoms with E-state index < -0.39 is 18.1 Å². The molecule has 0 fully saturated rings. The summed E-state index contributed by atoms with van der Waals surface area (Å²) in [6, 6.07) is 18.3. The van der Waals surface area contributed by atoms with Crippen molar-refractivity contribution in [2.75, 3.05) is 14.2 Å². The second kappa shape index (κ2) is 10.0. The number of esters is 1. The summed E-state index contributed by atoms with van der Waals surface area (Å²) in [5.41, 5.74) is 1.60. The van der Waals surface area contributed by atoms with Gasteiger partial charge in [-0.15, -0.1) is 0 Å². The Balaban J connectivity index is 2.26. The van der Waals surface area contributed by atoms with Crippen molar-refractivity contribution in [1.82, 2.24) is 4.90 Å². The Morgan fingerprint density at radius 2 is 1.46 bits per heavy atom. The van der Waals surface area contributed by atoms with Gasteiger partial charge in [0.25, 0.3) is 0 Å². The molecule has 0 radical (unpaired) electrons. The second-order valence-electron chi connectivity index (χ2n) is 7.19. The maximum Gasteiger partial charge on any atom is 0.305 e. The Kier molecular flexibility index (Phi) is 7.76. The van der Waals surface area contributed by atoms with Crippen LogP contribution in [0, 0.1) is 5.92 Å². The number of rotatable bonds is 8. The summed E-state index contributed by atoms with van der Waals surface area (Å²) in [4.78, 5) is 26.8. The molecule has 0 aromatic heterocycles. The van der Waals surface area contributed by atoms with Crippen LogP contribution in [0.25, 0.3) is 0 Å². The number of benzene rings is 2. The summed E-state index contributed by atoms with van der Waals surface area (Å²) in [6.45, 7) is 3.70. The third-order valence-corrected chi connectivity index (χ3v) is 5.27. The van der Waals surface area contributed by atoms with Gasteiger partial charge in [-0.3, -0.25) is 9.59 Å². The number of carbonyl (C=O) groups excluding carboxylic acids is 2. The van der Waals surface area contributed by atoms with Gasteiger partial charge >= 0.3 is 5.97 Å². The second-order valence-corrected chi connectivity index (χ2v) is 7.19. The van der Waals surface area contributed by atoms with Gasteiger partial charge in [0.2, 0.25) is 5.91 Å². The lowest BCUT2D eigenvalue weighted by molar-refractivity contribution is -0.143. The number of nitrogens with zero attached hydrogens (tertiary/aromatic N) is 1. The zero-order valence-electron chi connectivity index (χ0n) is 16.9. The number of likely N-dealkylation sites (N-methyl/N-ethyl adjacent to an activating group) is 1. The largest absolute Gasteiger partial charge is 0.469 e. The van der Waals surface area contributed by atoms with E-state index in [1.807, 2.05) is 74.5 Å². The van der Waals surface area contributed by atoms with Crippen LogP contribution >= 0.6 is 0 Å². The van der Waals surface area contributed by atoms with Crippen LogP contribution < -0.4 is 0 Å². The SMILES string of the molecule is COC(=O)C[C@@H](C)[C@H](C(=O)N(C)[C@H](C)[C@H](O)c1ccccc1)c1ccccc1. The summed E-state index contributed by atoms with van der Waals surface area (Å²) >= 11 is 0. The Morgan fingerprint density at radius 3 is 1.96 bits per heavy atom. The fraction of sp³-hybridized carbons (Fsp3) is 0.391. The molecular weight excluding hydrogens is 354 g/mol. The number of methoxy groups -OCH3 is 1. The van der Waals surface area contributed by atoms with Gasteiger partial charge in [0, 0.05) is 13.5 Å². The van der Waals surface area contributed by atoms with Crippen LogP contribution in [-0.4, -0.2) is 42.1 Å². The number of aliphatic hydroxyl groups excluding tert-OH is 1. The molecule has 0 spiro atoms. The topological polar surface area (TPSA) is 66.8 Å². The Bertz CT molecular complexity index is 763. The molecule has 5 nitrogen and oxygen atoms in total. The van der Waals surface area contributed by atoms with Crippen molar-refractivity contribution in [2.45, 2.75) is 38.3 Å². The Labute approximate surface area is 166 Å². The fourth-order valence-electron chi connectivity index (χ4n) is 3.40. The number of aliphatic hydroxyl groups is 1. The zero-order chi connectivity index (χ0) is 20.7.